The van der Waals surface area contributed by atoms with Crippen LogP contribution in [0.15, 0.2) is 4.52 Å². The van der Waals surface area contributed by atoms with Gasteiger partial charge in [0.15, 0.2) is 0 Å². The monoisotopic (exact) mass is 283 g/mol. The summed E-state index contributed by atoms with van der Waals surface area (Å²) in [6.45, 7) is 9.32. The molecule has 0 fully saturated rings. The maximum Gasteiger partial charge on any atom is 0.317 e. The zero-order chi connectivity index (χ0) is 15.1. The molecule has 0 radical (unpaired) electrons. The molecule has 0 saturated carbocycles. The molecule has 20 heavy (non-hydrogen) atoms. The molecule has 0 aliphatic rings. The van der Waals surface area contributed by atoms with Crippen molar-refractivity contribution in [3.63, 3.8) is 0 Å². The number of aliphatic hydroxyl groups excluding tert-OH is 1. The van der Waals surface area contributed by atoms with Gasteiger partial charge in [0.1, 0.15) is 5.76 Å². The number of urea groups is 1. The zero-order valence-corrected chi connectivity index (χ0v) is 12.8. The van der Waals surface area contributed by atoms with Crippen molar-refractivity contribution in [2.75, 3.05) is 26.2 Å². The van der Waals surface area contributed by atoms with Crippen molar-refractivity contribution < 1.29 is 14.4 Å². The first-order chi connectivity index (χ1) is 9.51. The number of carbonyl (C=O) groups is 1. The van der Waals surface area contributed by atoms with Crippen LogP contribution in [0, 0.1) is 13.8 Å². The van der Waals surface area contributed by atoms with Gasteiger partial charge in [-0.05, 0) is 20.3 Å². The van der Waals surface area contributed by atoms with Gasteiger partial charge in [-0.2, -0.15) is 0 Å². The average Bonchev–Trinajstić information content (AvgIpc) is 2.75. The third-order valence-electron chi connectivity index (χ3n) is 3.29. The molecule has 0 bridgehead atoms. The first kappa shape index (κ1) is 16.5. The highest BCUT2D eigenvalue weighted by atomic mass is 16.5. The predicted octanol–water partition coefficient (Wildman–Crippen LogP) is 1.81. The molecule has 6 heteroatoms. The van der Waals surface area contributed by atoms with Gasteiger partial charge in [0.25, 0.3) is 0 Å². The third kappa shape index (κ3) is 4.23. The van der Waals surface area contributed by atoms with Crippen molar-refractivity contribution >= 4 is 6.03 Å². The van der Waals surface area contributed by atoms with Crippen LogP contribution in [0.4, 0.5) is 4.79 Å². The van der Waals surface area contributed by atoms with Crippen molar-refractivity contribution in [3.8, 4) is 0 Å². The van der Waals surface area contributed by atoms with Gasteiger partial charge < -0.3 is 19.8 Å². The normalized spacial score (nSPS) is 12.2. The summed E-state index contributed by atoms with van der Waals surface area (Å²) < 4.78 is 5.14. The van der Waals surface area contributed by atoms with E-state index in [1.807, 2.05) is 27.7 Å². The zero-order valence-electron chi connectivity index (χ0n) is 12.8. The minimum atomic E-state index is -0.139. The van der Waals surface area contributed by atoms with E-state index in [2.05, 4.69) is 10.5 Å². The molecular weight excluding hydrogens is 258 g/mol. The molecule has 2 amide bonds. The lowest BCUT2D eigenvalue weighted by atomic mass is 10.00. The summed E-state index contributed by atoms with van der Waals surface area (Å²) in [6.07, 6.45) is 0.868. The molecule has 0 spiro atoms. The number of aryl methyl sites for hydroxylation is 2. The van der Waals surface area contributed by atoms with Gasteiger partial charge in [-0.3, -0.25) is 0 Å². The van der Waals surface area contributed by atoms with Gasteiger partial charge in [0, 0.05) is 31.1 Å². The second-order valence-corrected chi connectivity index (χ2v) is 5.04. The van der Waals surface area contributed by atoms with Crippen LogP contribution in [-0.4, -0.2) is 47.4 Å². The first-order valence-electron chi connectivity index (χ1n) is 7.07. The van der Waals surface area contributed by atoms with Crippen molar-refractivity contribution in [2.45, 2.75) is 40.0 Å². The molecule has 0 aromatic carbocycles. The molecule has 1 rings (SSSR count). The van der Waals surface area contributed by atoms with Crippen molar-refractivity contribution in [3.05, 3.63) is 17.0 Å². The molecule has 1 unspecified atom stereocenters. The molecule has 0 aliphatic carbocycles. The minimum absolute atomic E-state index is 0.0210. The number of nitrogens with one attached hydrogen (secondary N) is 1. The molecule has 0 aliphatic heterocycles. The molecule has 2 N–H and O–H groups in total. The maximum atomic E-state index is 12.0. The summed E-state index contributed by atoms with van der Waals surface area (Å²) in [7, 11) is 0. The Kier molecular flexibility index (Phi) is 6.51. The second kappa shape index (κ2) is 7.89. The number of nitrogens with zero attached hydrogens (tertiary/aromatic N) is 2. The Labute approximate surface area is 120 Å². The highest BCUT2D eigenvalue weighted by molar-refractivity contribution is 5.74. The number of aromatic nitrogens is 1. The predicted molar refractivity (Wildman–Crippen MR) is 76.7 cm³/mol. The molecule has 114 valence electrons. The lowest BCUT2D eigenvalue weighted by molar-refractivity contribution is 0.177. The molecule has 1 aromatic heterocycles. The fourth-order valence-electron chi connectivity index (χ4n) is 2.35. The lowest BCUT2D eigenvalue weighted by Crippen LogP contribution is -2.43. The topological polar surface area (TPSA) is 78.6 Å². The van der Waals surface area contributed by atoms with Crippen LogP contribution in [0.25, 0.3) is 0 Å². The molecule has 0 saturated heterocycles. The quantitative estimate of drug-likeness (QED) is 0.800. The van der Waals surface area contributed by atoms with Gasteiger partial charge in [-0.1, -0.05) is 19.0 Å². The summed E-state index contributed by atoms with van der Waals surface area (Å²) in [5, 5.41) is 15.8. The van der Waals surface area contributed by atoms with Crippen LogP contribution in [0.5, 0.6) is 0 Å². The van der Waals surface area contributed by atoms with Crippen LogP contribution in [0.2, 0.25) is 0 Å². The summed E-state index contributed by atoms with van der Waals surface area (Å²) in [6, 6.07) is -0.139. The Morgan fingerprint density at radius 3 is 2.65 bits per heavy atom. The van der Waals surface area contributed by atoms with E-state index in [0.717, 1.165) is 23.4 Å². The summed E-state index contributed by atoms with van der Waals surface area (Å²) in [5.41, 5.74) is 1.92. The van der Waals surface area contributed by atoms with Crippen molar-refractivity contribution in [2.24, 2.45) is 0 Å². The van der Waals surface area contributed by atoms with Crippen molar-refractivity contribution in [1.82, 2.24) is 15.4 Å². The van der Waals surface area contributed by atoms with E-state index in [4.69, 9.17) is 9.63 Å². The van der Waals surface area contributed by atoms with E-state index < -0.39 is 0 Å². The minimum Gasteiger partial charge on any atom is -0.395 e. The number of rotatable bonds is 7. The van der Waals surface area contributed by atoms with Crippen LogP contribution >= 0.6 is 0 Å². The van der Waals surface area contributed by atoms with Gasteiger partial charge in [-0.15, -0.1) is 0 Å². The highest BCUT2D eigenvalue weighted by Gasteiger charge is 2.18. The Morgan fingerprint density at radius 2 is 2.15 bits per heavy atom. The average molecular weight is 283 g/mol. The third-order valence-corrected chi connectivity index (χ3v) is 3.29. The largest absolute Gasteiger partial charge is 0.395 e. The van der Waals surface area contributed by atoms with E-state index in [9.17, 15) is 4.79 Å². The Hall–Kier alpha value is -1.56. The SMILES string of the molecule is CCCN(CCO)C(=O)NCC(C)c1c(C)noc1C. The highest BCUT2D eigenvalue weighted by Crippen LogP contribution is 2.22. The van der Waals surface area contributed by atoms with E-state index in [-0.39, 0.29) is 18.6 Å². The van der Waals surface area contributed by atoms with E-state index in [1.54, 1.807) is 4.90 Å². The van der Waals surface area contributed by atoms with Gasteiger partial charge >= 0.3 is 6.03 Å². The van der Waals surface area contributed by atoms with Gasteiger partial charge in [-0.25, -0.2) is 4.79 Å². The number of hydrogen-bond acceptors (Lipinski definition) is 4. The molecule has 1 atom stereocenters. The number of aliphatic hydroxyl groups is 1. The van der Waals surface area contributed by atoms with Gasteiger partial charge in [0.05, 0.1) is 12.3 Å². The van der Waals surface area contributed by atoms with Crippen LogP contribution in [0.1, 0.15) is 43.2 Å². The fraction of sp³-hybridized carbons (Fsp3) is 0.714. The Bertz CT molecular complexity index is 406. The van der Waals surface area contributed by atoms with E-state index in [0.29, 0.717) is 19.6 Å². The second-order valence-electron chi connectivity index (χ2n) is 5.04. The molecule has 6 nitrogen and oxygen atoms in total. The van der Waals surface area contributed by atoms with Crippen LogP contribution < -0.4 is 5.32 Å². The summed E-state index contributed by atoms with van der Waals surface area (Å²) >= 11 is 0. The molecule has 1 heterocycles. The summed E-state index contributed by atoms with van der Waals surface area (Å²) in [4.78, 5) is 13.7. The van der Waals surface area contributed by atoms with Crippen LogP contribution in [0.3, 0.4) is 0 Å². The van der Waals surface area contributed by atoms with E-state index in [1.165, 1.54) is 0 Å². The maximum absolute atomic E-state index is 12.0. The van der Waals surface area contributed by atoms with Crippen LogP contribution in [-0.2, 0) is 0 Å². The number of hydrogen-bond donors (Lipinski definition) is 2. The van der Waals surface area contributed by atoms with Gasteiger partial charge in [0.2, 0.25) is 0 Å². The first-order valence-corrected chi connectivity index (χ1v) is 7.07. The molecular formula is C14H25N3O3. The summed E-state index contributed by atoms with van der Waals surface area (Å²) in [5.74, 6) is 0.938. The number of carbonyl (C=O) groups excluding carboxylic acids is 1. The fourth-order valence-corrected chi connectivity index (χ4v) is 2.35. The van der Waals surface area contributed by atoms with E-state index >= 15 is 0 Å². The van der Waals surface area contributed by atoms with Crippen molar-refractivity contribution in [1.29, 1.82) is 0 Å². The number of amides is 2. The lowest BCUT2D eigenvalue weighted by Gasteiger charge is -2.22. The molecule has 1 aromatic rings. The smallest absolute Gasteiger partial charge is 0.317 e. The standard InChI is InChI=1S/C14H25N3O3/c1-5-6-17(7-8-18)14(19)15-9-10(2)13-11(3)16-20-12(13)4/h10,18H,5-9H2,1-4H3,(H,15,19). The Balaban J connectivity index is 2.55. The Morgan fingerprint density at radius 1 is 1.45 bits per heavy atom.